The van der Waals surface area contributed by atoms with Crippen LogP contribution in [0.2, 0.25) is 0 Å². The molecule has 1 unspecified atom stereocenters. The smallest absolute Gasteiger partial charge is 0.276 e. The van der Waals surface area contributed by atoms with Crippen molar-refractivity contribution in [1.82, 2.24) is 0 Å². The molecule has 0 rings (SSSR count). The van der Waals surface area contributed by atoms with Crippen LogP contribution in [0.4, 0.5) is 4.20 Å². The molecule has 0 saturated carbocycles. The van der Waals surface area contributed by atoms with E-state index in [0.717, 1.165) is 17.8 Å². The minimum absolute atomic E-state index is 0.234. The summed E-state index contributed by atoms with van der Waals surface area (Å²) in [5.41, 5.74) is 0. The first-order chi connectivity index (χ1) is 4.62. The molecule has 0 bridgehead atoms. The third-order valence-electron chi connectivity index (χ3n) is 0.979. The molecular weight excluding hydrogens is 170 g/mol. The Labute approximate surface area is 66.0 Å². The molecule has 0 aliphatic carbocycles. The van der Waals surface area contributed by atoms with E-state index in [1.54, 1.807) is 0 Å². The van der Waals surface area contributed by atoms with Crippen LogP contribution in [0.5, 0.6) is 0 Å². The number of rotatable bonds is 5. The second-order valence-corrected chi connectivity index (χ2v) is 6.85. The fourth-order valence-corrected chi connectivity index (χ4v) is 3.98. The van der Waals surface area contributed by atoms with Crippen LogP contribution in [0.1, 0.15) is 26.7 Å². The summed E-state index contributed by atoms with van der Waals surface area (Å²) in [4.78, 5) is 0. The lowest BCUT2D eigenvalue weighted by Crippen LogP contribution is -1.79. The van der Waals surface area contributed by atoms with E-state index in [1.165, 1.54) is 0 Å². The first kappa shape index (κ1) is 10.5. The van der Waals surface area contributed by atoms with Gasteiger partial charge < -0.3 is 0 Å². The first-order valence-electron chi connectivity index (χ1n) is 3.55. The molecule has 1 atom stereocenters. The molecule has 0 aromatic rings. The van der Waals surface area contributed by atoms with Crippen LogP contribution in [0.25, 0.3) is 0 Å². The number of hydrogen-bond donors (Lipinski definition) is 0. The summed E-state index contributed by atoms with van der Waals surface area (Å²) < 4.78 is 23.7. The molecule has 0 heterocycles. The molecule has 0 aliphatic rings. The highest BCUT2D eigenvalue weighted by atomic mass is 32.7. The van der Waals surface area contributed by atoms with Crippen molar-refractivity contribution in [2.45, 2.75) is 26.7 Å². The molecule has 0 fully saturated rings. The predicted molar refractivity (Wildman–Crippen MR) is 46.6 cm³/mol. The second kappa shape index (κ2) is 5.20. The van der Waals surface area contributed by atoms with E-state index in [2.05, 4.69) is 0 Å². The van der Waals surface area contributed by atoms with Crippen molar-refractivity contribution in [2.24, 2.45) is 0 Å². The van der Waals surface area contributed by atoms with E-state index in [1.807, 2.05) is 13.8 Å². The molecule has 1 nitrogen and oxygen atoms in total. The third-order valence-corrected chi connectivity index (χ3v) is 5.19. The van der Waals surface area contributed by atoms with Gasteiger partial charge >= 0.3 is 0 Å². The normalized spacial score (nSPS) is 16.7. The zero-order valence-electron chi connectivity index (χ0n) is 6.47. The maximum Gasteiger partial charge on any atom is 0.296 e. The van der Waals surface area contributed by atoms with Crippen LogP contribution in [0.15, 0.2) is 0 Å². The molecule has 0 saturated heterocycles. The SMILES string of the molecule is CCCSP(=O)(F)CCC. The van der Waals surface area contributed by atoms with Gasteiger partial charge in [0, 0.05) is 11.9 Å². The topological polar surface area (TPSA) is 17.1 Å². The summed E-state index contributed by atoms with van der Waals surface area (Å²) >= 11 is 0.992. The third kappa shape index (κ3) is 5.31. The van der Waals surface area contributed by atoms with Gasteiger partial charge in [-0.3, -0.25) is 4.57 Å². The van der Waals surface area contributed by atoms with Crippen LogP contribution in [-0.4, -0.2) is 11.9 Å². The fourth-order valence-electron chi connectivity index (χ4n) is 0.559. The zero-order chi connectivity index (χ0) is 8.04. The molecule has 0 aliphatic heterocycles. The van der Waals surface area contributed by atoms with Crippen LogP contribution >= 0.6 is 18.0 Å². The van der Waals surface area contributed by atoms with Gasteiger partial charge in [0.05, 0.1) is 0 Å². The van der Waals surface area contributed by atoms with Crippen LogP contribution < -0.4 is 0 Å². The van der Waals surface area contributed by atoms with E-state index in [0.29, 0.717) is 12.2 Å². The Morgan fingerprint density at radius 2 is 2.00 bits per heavy atom. The van der Waals surface area contributed by atoms with E-state index in [4.69, 9.17) is 0 Å². The molecule has 62 valence electrons. The minimum Gasteiger partial charge on any atom is -0.276 e. The van der Waals surface area contributed by atoms with E-state index >= 15 is 0 Å². The van der Waals surface area contributed by atoms with E-state index in [9.17, 15) is 8.76 Å². The van der Waals surface area contributed by atoms with Crippen molar-refractivity contribution in [3.63, 3.8) is 0 Å². The Hall–Kier alpha value is 0.510. The Morgan fingerprint density at radius 3 is 2.40 bits per heavy atom. The van der Waals surface area contributed by atoms with Gasteiger partial charge in [-0.2, -0.15) is 4.20 Å². The molecule has 10 heavy (non-hydrogen) atoms. The molecule has 0 spiro atoms. The lowest BCUT2D eigenvalue weighted by Gasteiger charge is -2.04. The van der Waals surface area contributed by atoms with Gasteiger partial charge in [-0.1, -0.05) is 25.2 Å². The zero-order valence-corrected chi connectivity index (χ0v) is 8.18. The summed E-state index contributed by atoms with van der Waals surface area (Å²) in [5.74, 6) is 0.674. The lowest BCUT2D eigenvalue weighted by molar-refractivity contribution is 0.554. The van der Waals surface area contributed by atoms with Gasteiger partial charge in [0.1, 0.15) is 0 Å². The Morgan fingerprint density at radius 1 is 1.40 bits per heavy atom. The van der Waals surface area contributed by atoms with Gasteiger partial charge in [-0.25, -0.2) is 0 Å². The average molecular weight is 184 g/mol. The highest BCUT2D eigenvalue weighted by molar-refractivity contribution is 8.56. The standard InChI is InChI=1S/C6H14FOPS/c1-3-5-9(7,8)10-6-4-2/h3-6H2,1-2H3. The predicted octanol–water partition coefficient (Wildman–Crippen LogP) is 3.70. The van der Waals surface area contributed by atoms with Gasteiger partial charge in [0.25, 0.3) is 6.65 Å². The number of halogens is 1. The van der Waals surface area contributed by atoms with Gasteiger partial charge in [0.15, 0.2) is 0 Å². The Balaban J connectivity index is 3.53. The minimum atomic E-state index is -3.29. The van der Waals surface area contributed by atoms with E-state index in [-0.39, 0.29) is 6.16 Å². The molecule has 0 aromatic heterocycles. The monoisotopic (exact) mass is 184 g/mol. The Kier molecular flexibility index (Phi) is 5.46. The van der Waals surface area contributed by atoms with Crippen molar-refractivity contribution in [3.05, 3.63) is 0 Å². The summed E-state index contributed by atoms with van der Waals surface area (Å²) in [6.45, 7) is 0.511. The first-order valence-corrected chi connectivity index (χ1v) is 6.93. The molecule has 0 radical (unpaired) electrons. The largest absolute Gasteiger partial charge is 0.296 e. The molecule has 0 N–H and O–H groups in total. The van der Waals surface area contributed by atoms with Crippen molar-refractivity contribution in [2.75, 3.05) is 11.9 Å². The summed E-state index contributed by atoms with van der Waals surface area (Å²) in [5, 5.41) is 0. The van der Waals surface area contributed by atoms with Crippen LogP contribution in [0, 0.1) is 0 Å². The highest BCUT2D eigenvalue weighted by Crippen LogP contribution is 2.60. The maximum atomic E-state index is 12.8. The quantitative estimate of drug-likeness (QED) is 0.606. The van der Waals surface area contributed by atoms with Crippen LogP contribution in [0.3, 0.4) is 0 Å². The highest BCUT2D eigenvalue weighted by Gasteiger charge is 2.18. The molecule has 0 aromatic carbocycles. The fraction of sp³-hybridized carbons (Fsp3) is 1.00. The Bertz CT molecular complexity index is 129. The molecule has 4 heteroatoms. The van der Waals surface area contributed by atoms with Crippen LogP contribution in [-0.2, 0) is 4.57 Å². The van der Waals surface area contributed by atoms with Crippen molar-refractivity contribution < 1.29 is 8.76 Å². The molecule has 0 amide bonds. The van der Waals surface area contributed by atoms with Crippen molar-refractivity contribution in [1.29, 1.82) is 0 Å². The summed E-state index contributed by atoms with van der Waals surface area (Å²) in [6.07, 6.45) is 1.80. The van der Waals surface area contributed by atoms with Gasteiger partial charge in [-0.05, 0) is 12.8 Å². The average Bonchev–Trinajstić information content (AvgIpc) is 1.84. The van der Waals surface area contributed by atoms with Gasteiger partial charge in [0.2, 0.25) is 0 Å². The number of hydrogen-bond acceptors (Lipinski definition) is 2. The maximum absolute atomic E-state index is 12.8. The van der Waals surface area contributed by atoms with E-state index < -0.39 is 6.65 Å². The summed E-state index contributed by atoms with van der Waals surface area (Å²) in [7, 11) is 0. The van der Waals surface area contributed by atoms with Crippen molar-refractivity contribution in [3.8, 4) is 0 Å². The molecular formula is C6H14FOPS. The van der Waals surface area contributed by atoms with Gasteiger partial charge in [-0.15, -0.1) is 0 Å². The van der Waals surface area contributed by atoms with Crippen molar-refractivity contribution >= 4 is 18.0 Å². The lowest BCUT2D eigenvalue weighted by atomic mass is 10.6. The second-order valence-electron chi connectivity index (χ2n) is 2.15. The summed E-state index contributed by atoms with van der Waals surface area (Å²) in [6, 6.07) is 0.